The lowest BCUT2D eigenvalue weighted by atomic mass is 10.1. The molecule has 1 N–H and O–H groups in total. The van der Waals surface area contributed by atoms with Crippen molar-refractivity contribution in [2.45, 2.75) is 20.8 Å². The van der Waals surface area contributed by atoms with Crippen molar-refractivity contribution in [3.05, 3.63) is 57.6 Å². The molecule has 0 aliphatic carbocycles. The molecule has 2 aromatic heterocycles. The second-order valence-electron chi connectivity index (χ2n) is 4.75. The smallest absolute Gasteiger partial charge is 0.262 e. The summed E-state index contributed by atoms with van der Waals surface area (Å²) < 4.78 is 1.64. The molecule has 0 aliphatic rings. The summed E-state index contributed by atoms with van der Waals surface area (Å²) in [5.74, 6) is 0.601. The van der Waals surface area contributed by atoms with Crippen LogP contribution in [0.3, 0.4) is 0 Å². The van der Waals surface area contributed by atoms with Crippen LogP contribution in [0.2, 0.25) is 0 Å². The van der Waals surface area contributed by atoms with Gasteiger partial charge in [0.05, 0.1) is 11.4 Å². The van der Waals surface area contributed by atoms with Crippen molar-refractivity contribution in [2.24, 2.45) is 0 Å². The van der Waals surface area contributed by atoms with Crippen LogP contribution in [0.4, 0.5) is 0 Å². The van der Waals surface area contributed by atoms with Crippen molar-refractivity contribution >= 4 is 5.78 Å². The Morgan fingerprint density at radius 1 is 1.11 bits per heavy atom. The van der Waals surface area contributed by atoms with E-state index in [-0.39, 0.29) is 5.56 Å². The first-order valence-corrected chi connectivity index (χ1v) is 6.23. The van der Waals surface area contributed by atoms with Crippen LogP contribution in [0.25, 0.3) is 17.0 Å². The van der Waals surface area contributed by atoms with Crippen LogP contribution < -0.4 is 5.56 Å². The van der Waals surface area contributed by atoms with Gasteiger partial charge in [0.15, 0.2) is 0 Å². The standard InChI is InChI=1S/C15H15N3O/c1-9-10(2)16-15-17-13(11(3)18(15)14(9)19)12-7-5-4-6-8-12/h4-8H,1-3H3,(H,16,17). The molecule has 19 heavy (non-hydrogen) atoms. The van der Waals surface area contributed by atoms with Crippen LogP contribution >= 0.6 is 0 Å². The van der Waals surface area contributed by atoms with Crippen molar-refractivity contribution in [3.8, 4) is 11.3 Å². The van der Waals surface area contributed by atoms with E-state index in [1.54, 1.807) is 4.40 Å². The molecule has 0 amide bonds. The quantitative estimate of drug-likeness (QED) is 0.724. The maximum Gasteiger partial charge on any atom is 0.262 e. The normalized spacial score (nSPS) is 11.1. The third-order valence-electron chi connectivity index (χ3n) is 3.54. The predicted octanol–water partition coefficient (Wildman–Crippen LogP) is 2.61. The first-order chi connectivity index (χ1) is 9.09. The van der Waals surface area contributed by atoms with Gasteiger partial charge in [-0.25, -0.2) is 9.38 Å². The molecule has 0 saturated carbocycles. The largest absolute Gasteiger partial charge is 0.329 e. The van der Waals surface area contributed by atoms with Crippen LogP contribution in [0, 0.1) is 20.8 Å². The number of fused-ring (bicyclic) bond motifs is 1. The molecule has 0 unspecified atom stereocenters. The van der Waals surface area contributed by atoms with Gasteiger partial charge in [0.25, 0.3) is 5.56 Å². The van der Waals surface area contributed by atoms with E-state index in [0.717, 1.165) is 28.2 Å². The number of nitrogens with zero attached hydrogens (tertiary/aromatic N) is 2. The van der Waals surface area contributed by atoms with Gasteiger partial charge in [0.1, 0.15) is 0 Å². The van der Waals surface area contributed by atoms with Crippen LogP contribution in [0.15, 0.2) is 35.1 Å². The average Bonchev–Trinajstić information content (AvgIpc) is 2.74. The molecule has 0 aliphatic heterocycles. The Labute approximate surface area is 110 Å². The Balaban J connectivity index is 2.39. The molecule has 96 valence electrons. The van der Waals surface area contributed by atoms with Gasteiger partial charge in [-0.15, -0.1) is 0 Å². The number of hydrogen-bond donors (Lipinski definition) is 1. The molecule has 3 rings (SSSR count). The molecule has 0 bridgehead atoms. The lowest BCUT2D eigenvalue weighted by Crippen LogP contribution is -2.19. The molecule has 2 heterocycles. The Hall–Kier alpha value is -2.36. The van der Waals surface area contributed by atoms with E-state index in [1.165, 1.54) is 0 Å². The fraction of sp³-hybridized carbons (Fsp3) is 0.200. The lowest BCUT2D eigenvalue weighted by molar-refractivity contribution is 0.961. The van der Waals surface area contributed by atoms with E-state index in [1.807, 2.05) is 51.1 Å². The van der Waals surface area contributed by atoms with E-state index in [9.17, 15) is 4.79 Å². The number of benzene rings is 1. The molecular weight excluding hydrogens is 238 g/mol. The Morgan fingerprint density at radius 3 is 2.47 bits per heavy atom. The number of nitrogens with one attached hydrogen (secondary N) is 1. The summed E-state index contributed by atoms with van der Waals surface area (Å²) in [5, 5.41) is 0. The van der Waals surface area contributed by atoms with Gasteiger partial charge in [-0.2, -0.15) is 0 Å². The molecule has 0 saturated heterocycles. The van der Waals surface area contributed by atoms with Crippen molar-refractivity contribution in [1.82, 2.24) is 14.4 Å². The van der Waals surface area contributed by atoms with E-state index >= 15 is 0 Å². The molecule has 3 aromatic rings. The van der Waals surface area contributed by atoms with Gasteiger partial charge >= 0.3 is 0 Å². The van der Waals surface area contributed by atoms with Crippen LogP contribution in [0.1, 0.15) is 17.0 Å². The Bertz CT molecular complexity index is 813. The minimum Gasteiger partial charge on any atom is -0.329 e. The predicted molar refractivity (Wildman–Crippen MR) is 75.5 cm³/mol. The Kier molecular flexibility index (Phi) is 2.52. The molecule has 0 fully saturated rings. The van der Waals surface area contributed by atoms with E-state index in [2.05, 4.69) is 9.97 Å². The van der Waals surface area contributed by atoms with Gasteiger partial charge in [0, 0.05) is 16.8 Å². The topological polar surface area (TPSA) is 50.2 Å². The molecular formula is C15H15N3O. The third kappa shape index (κ3) is 1.68. The summed E-state index contributed by atoms with van der Waals surface area (Å²) in [5.41, 5.74) is 4.32. The third-order valence-corrected chi connectivity index (χ3v) is 3.54. The monoisotopic (exact) mass is 253 g/mol. The van der Waals surface area contributed by atoms with Crippen LogP contribution in [-0.4, -0.2) is 14.4 Å². The number of hydrogen-bond acceptors (Lipinski definition) is 2. The fourth-order valence-electron chi connectivity index (χ4n) is 2.29. The molecule has 4 heteroatoms. The second-order valence-corrected chi connectivity index (χ2v) is 4.75. The fourth-order valence-corrected chi connectivity index (χ4v) is 2.29. The zero-order valence-electron chi connectivity index (χ0n) is 11.2. The summed E-state index contributed by atoms with van der Waals surface area (Å²) in [4.78, 5) is 20.1. The summed E-state index contributed by atoms with van der Waals surface area (Å²) in [6, 6.07) is 9.90. The average molecular weight is 253 g/mol. The minimum atomic E-state index is -0.00145. The van der Waals surface area contributed by atoms with E-state index < -0.39 is 0 Å². The number of imidazole rings is 1. The van der Waals surface area contributed by atoms with Crippen molar-refractivity contribution < 1.29 is 0 Å². The number of H-pyrrole nitrogens is 1. The van der Waals surface area contributed by atoms with E-state index in [4.69, 9.17) is 0 Å². The highest BCUT2D eigenvalue weighted by molar-refractivity contribution is 5.65. The zero-order chi connectivity index (χ0) is 13.6. The van der Waals surface area contributed by atoms with Crippen LogP contribution in [0.5, 0.6) is 0 Å². The van der Waals surface area contributed by atoms with Crippen molar-refractivity contribution in [2.75, 3.05) is 0 Å². The summed E-state index contributed by atoms with van der Waals surface area (Å²) in [6.45, 7) is 5.64. The number of aromatic amines is 1. The number of aryl methyl sites for hydroxylation is 2. The van der Waals surface area contributed by atoms with E-state index in [0.29, 0.717) is 5.78 Å². The van der Waals surface area contributed by atoms with Gasteiger partial charge in [-0.3, -0.25) is 4.79 Å². The minimum absolute atomic E-state index is 0.00145. The lowest BCUT2D eigenvalue weighted by Gasteiger charge is -2.02. The SMILES string of the molecule is Cc1[nH]c2nc(-c3ccccc3)c(C)n2c(=O)c1C. The van der Waals surface area contributed by atoms with Gasteiger partial charge in [-0.1, -0.05) is 30.3 Å². The highest BCUT2D eigenvalue weighted by Gasteiger charge is 2.14. The first-order valence-electron chi connectivity index (χ1n) is 6.23. The van der Waals surface area contributed by atoms with Gasteiger partial charge < -0.3 is 4.98 Å². The zero-order valence-corrected chi connectivity index (χ0v) is 11.2. The van der Waals surface area contributed by atoms with Crippen LogP contribution in [-0.2, 0) is 0 Å². The second kappa shape index (κ2) is 4.09. The highest BCUT2D eigenvalue weighted by atomic mass is 16.1. The first kappa shape index (κ1) is 11.7. The highest BCUT2D eigenvalue weighted by Crippen LogP contribution is 2.22. The molecule has 4 nitrogen and oxygen atoms in total. The molecule has 0 spiro atoms. The maximum atomic E-state index is 12.3. The van der Waals surface area contributed by atoms with Gasteiger partial charge in [-0.05, 0) is 20.8 Å². The summed E-state index contributed by atoms with van der Waals surface area (Å²) in [6.07, 6.45) is 0. The van der Waals surface area contributed by atoms with Gasteiger partial charge in [0.2, 0.25) is 5.78 Å². The van der Waals surface area contributed by atoms with Crippen molar-refractivity contribution in [1.29, 1.82) is 0 Å². The number of rotatable bonds is 1. The molecule has 0 radical (unpaired) electrons. The maximum absolute atomic E-state index is 12.3. The Morgan fingerprint density at radius 2 is 1.79 bits per heavy atom. The van der Waals surface area contributed by atoms with Crippen molar-refractivity contribution in [3.63, 3.8) is 0 Å². The number of aromatic nitrogens is 3. The molecule has 0 atom stereocenters. The summed E-state index contributed by atoms with van der Waals surface area (Å²) >= 11 is 0. The molecule has 1 aromatic carbocycles. The summed E-state index contributed by atoms with van der Waals surface area (Å²) in [7, 11) is 0.